The van der Waals surface area contributed by atoms with Gasteiger partial charge >= 0.3 is 0 Å². The molecule has 0 aliphatic carbocycles. The highest BCUT2D eigenvalue weighted by Gasteiger charge is 2.07. The molecule has 0 aliphatic heterocycles. The molecule has 0 aliphatic rings. The van der Waals surface area contributed by atoms with Gasteiger partial charge < -0.3 is 10.4 Å². The van der Waals surface area contributed by atoms with Gasteiger partial charge in [0.25, 0.3) is 0 Å². The first kappa shape index (κ1) is 12.3. The maximum atomic E-state index is 12.5. The number of halogens is 1. The van der Waals surface area contributed by atoms with Crippen molar-refractivity contribution in [3.63, 3.8) is 0 Å². The number of carbonyl (C=O) groups is 2. The third-order valence-electron chi connectivity index (χ3n) is 1.94. The summed E-state index contributed by atoms with van der Waals surface area (Å²) in [4.78, 5) is 21.9. The Morgan fingerprint density at radius 2 is 1.88 bits per heavy atom. The average Bonchev–Trinajstić information content (AvgIpc) is 2.28. The van der Waals surface area contributed by atoms with Crippen LogP contribution in [0.2, 0.25) is 0 Å². The van der Waals surface area contributed by atoms with Crippen LogP contribution in [-0.2, 0) is 16.1 Å². The van der Waals surface area contributed by atoms with Gasteiger partial charge in [-0.1, -0.05) is 12.1 Å². The molecule has 0 bridgehead atoms. The lowest BCUT2D eigenvalue weighted by Gasteiger charge is -2.04. The number of nitrogens with one attached hydrogen (secondary N) is 1. The molecule has 0 spiro atoms. The maximum Gasteiger partial charge on any atom is 0.227 e. The molecule has 1 amide bonds. The smallest absolute Gasteiger partial charge is 0.227 e. The number of aliphatic hydroxyl groups is 1. The average molecular weight is 225 g/mol. The third-order valence-corrected chi connectivity index (χ3v) is 1.94. The van der Waals surface area contributed by atoms with Crippen LogP contribution in [0.3, 0.4) is 0 Å². The van der Waals surface area contributed by atoms with Crippen molar-refractivity contribution in [2.75, 3.05) is 6.61 Å². The van der Waals surface area contributed by atoms with Crippen LogP contribution < -0.4 is 5.32 Å². The number of ketones is 1. The van der Waals surface area contributed by atoms with E-state index < -0.39 is 18.3 Å². The highest BCUT2D eigenvalue weighted by atomic mass is 19.1. The Morgan fingerprint density at radius 1 is 1.25 bits per heavy atom. The molecule has 4 nitrogen and oxygen atoms in total. The van der Waals surface area contributed by atoms with E-state index in [0.717, 1.165) is 5.56 Å². The summed E-state index contributed by atoms with van der Waals surface area (Å²) in [5.41, 5.74) is 0.742. The highest BCUT2D eigenvalue weighted by molar-refractivity contribution is 5.98. The fourth-order valence-corrected chi connectivity index (χ4v) is 1.10. The summed E-state index contributed by atoms with van der Waals surface area (Å²) >= 11 is 0. The van der Waals surface area contributed by atoms with Crippen molar-refractivity contribution in [2.45, 2.75) is 13.0 Å². The van der Waals surface area contributed by atoms with Crippen LogP contribution in [0.4, 0.5) is 4.39 Å². The molecule has 1 aromatic carbocycles. The van der Waals surface area contributed by atoms with E-state index >= 15 is 0 Å². The summed E-state index contributed by atoms with van der Waals surface area (Å²) in [5.74, 6) is -1.33. The van der Waals surface area contributed by atoms with Crippen molar-refractivity contribution in [3.05, 3.63) is 35.6 Å². The minimum atomic E-state index is -0.635. The number of carbonyl (C=O) groups excluding carboxylic acids is 2. The zero-order chi connectivity index (χ0) is 12.0. The molecule has 0 heterocycles. The van der Waals surface area contributed by atoms with Gasteiger partial charge in [-0.05, 0) is 17.7 Å². The predicted molar refractivity (Wildman–Crippen MR) is 55.0 cm³/mol. The Balaban J connectivity index is 2.37. The number of rotatable bonds is 5. The topological polar surface area (TPSA) is 66.4 Å². The van der Waals surface area contributed by atoms with Gasteiger partial charge in [0.1, 0.15) is 12.4 Å². The van der Waals surface area contributed by atoms with Crippen LogP contribution in [0.15, 0.2) is 24.3 Å². The molecule has 0 radical (unpaired) electrons. The molecule has 0 saturated carbocycles. The molecule has 1 aromatic rings. The van der Waals surface area contributed by atoms with Crippen molar-refractivity contribution in [3.8, 4) is 0 Å². The summed E-state index contributed by atoms with van der Waals surface area (Å²) in [6.45, 7) is -0.401. The molecule has 0 saturated heterocycles. The summed E-state index contributed by atoms with van der Waals surface area (Å²) in [5, 5.41) is 10.9. The normalized spacial score (nSPS) is 9.88. The van der Waals surface area contributed by atoms with Gasteiger partial charge in [-0.2, -0.15) is 0 Å². The second-order valence-electron chi connectivity index (χ2n) is 3.28. The Kier molecular flexibility index (Phi) is 4.60. The molecule has 5 heteroatoms. The zero-order valence-electron chi connectivity index (χ0n) is 8.57. The van der Waals surface area contributed by atoms with Crippen LogP contribution >= 0.6 is 0 Å². The van der Waals surface area contributed by atoms with E-state index in [1.165, 1.54) is 12.1 Å². The minimum Gasteiger partial charge on any atom is -0.389 e. The summed E-state index contributed by atoms with van der Waals surface area (Å²) in [7, 11) is 0. The van der Waals surface area contributed by atoms with Crippen molar-refractivity contribution in [2.24, 2.45) is 0 Å². The number of Topliss-reactive ketones (excluding diaryl/α,β-unsaturated/α-hetero) is 1. The minimum absolute atomic E-state index is 0.234. The lowest BCUT2D eigenvalue weighted by molar-refractivity contribution is -0.129. The van der Waals surface area contributed by atoms with Crippen LogP contribution in [0.5, 0.6) is 0 Å². The quantitative estimate of drug-likeness (QED) is 0.712. The van der Waals surface area contributed by atoms with E-state index in [-0.39, 0.29) is 18.8 Å². The Labute approximate surface area is 92.1 Å². The number of hydrogen-bond donors (Lipinski definition) is 2. The van der Waals surface area contributed by atoms with Crippen molar-refractivity contribution >= 4 is 11.7 Å². The molecule has 0 aromatic heterocycles. The second-order valence-corrected chi connectivity index (χ2v) is 3.28. The van der Waals surface area contributed by atoms with E-state index in [1.54, 1.807) is 12.1 Å². The lowest BCUT2D eigenvalue weighted by atomic mass is 10.2. The number of hydrogen-bond acceptors (Lipinski definition) is 3. The van der Waals surface area contributed by atoms with Gasteiger partial charge in [0.05, 0.1) is 6.42 Å². The second kappa shape index (κ2) is 5.97. The third kappa shape index (κ3) is 4.18. The number of amides is 1. The molecule has 0 atom stereocenters. The Hall–Kier alpha value is -1.75. The molecule has 2 N–H and O–H groups in total. The van der Waals surface area contributed by atoms with E-state index in [1.807, 2.05) is 0 Å². The van der Waals surface area contributed by atoms with Gasteiger partial charge in [-0.15, -0.1) is 0 Å². The number of aliphatic hydroxyl groups excluding tert-OH is 1. The van der Waals surface area contributed by atoms with E-state index in [9.17, 15) is 14.0 Å². The maximum absolute atomic E-state index is 12.5. The predicted octanol–water partition coefficient (Wildman–Crippen LogP) is 0.393. The van der Waals surface area contributed by atoms with Crippen LogP contribution in [0.1, 0.15) is 12.0 Å². The van der Waals surface area contributed by atoms with Crippen molar-refractivity contribution in [1.82, 2.24) is 5.32 Å². The van der Waals surface area contributed by atoms with E-state index in [4.69, 9.17) is 5.11 Å². The summed E-state index contributed by atoms with van der Waals surface area (Å²) in [6, 6.07) is 5.67. The lowest BCUT2D eigenvalue weighted by Crippen LogP contribution is -2.26. The van der Waals surface area contributed by atoms with Crippen LogP contribution in [0, 0.1) is 5.82 Å². The van der Waals surface area contributed by atoms with Gasteiger partial charge in [-0.25, -0.2) is 4.39 Å². The molecule has 16 heavy (non-hydrogen) atoms. The van der Waals surface area contributed by atoms with Gasteiger partial charge in [-0.3, -0.25) is 9.59 Å². The van der Waals surface area contributed by atoms with Crippen molar-refractivity contribution < 1.29 is 19.1 Å². The fourth-order valence-electron chi connectivity index (χ4n) is 1.10. The van der Waals surface area contributed by atoms with Crippen molar-refractivity contribution in [1.29, 1.82) is 0 Å². The van der Waals surface area contributed by atoms with E-state index in [0.29, 0.717) is 0 Å². The first-order chi connectivity index (χ1) is 7.61. The van der Waals surface area contributed by atoms with Gasteiger partial charge in [0, 0.05) is 6.54 Å². The van der Waals surface area contributed by atoms with E-state index in [2.05, 4.69) is 5.32 Å². The molecular formula is C11H12FNO3. The Bertz CT molecular complexity index is 375. The first-order valence-corrected chi connectivity index (χ1v) is 4.75. The summed E-state index contributed by atoms with van der Waals surface area (Å²) in [6.07, 6.45) is -0.336. The largest absolute Gasteiger partial charge is 0.389 e. The standard InChI is InChI=1S/C11H12FNO3/c12-9-3-1-8(2-4-9)6-13-11(16)5-10(15)7-14/h1-4,14H,5-7H2,(H,13,16). The van der Waals surface area contributed by atoms with Crippen LogP contribution in [-0.4, -0.2) is 23.4 Å². The number of benzene rings is 1. The SMILES string of the molecule is O=C(CO)CC(=O)NCc1ccc(F)cc1. The molecular weight excluding hydrogens is 213 g/mol. The molecule has 0 unspecified atom stereocenters. The molecule has 0 fully saturated rings. The van der Waals surface area contributed by atoms with Crippen LogP contribution in [0.25, 0.3) is 0 Å². The first-order valence-electron chi connectivity index (χ1n) is 4.75. The Morgan fingerprint density at radius 3 is 2.44 bits per heavy atom. The zero-order valence-corrected chi connectivity index (χ0v) is 8.57. The summed E-state index contributed by atoms with van der Waals surface area (Å²) < 4.78 is 12.5. The van der Waals surface area contributed by atoms with Gasteiger partial charge in [0.15, 0.2) is 5.78 Å². The monoisotopic (exact) mass is 225 g/mol. The highest BCUT2D eigenvalue weighted by Crippen LogP contribution is 2.02. The molecule has 86 valence electrons. The fraction of sp³-hybridized carbons (Fsp3) is 0.273. The molecule has 1 rings (SSSR count). The van der Waals surface area contributed by atoms with Gasteiger partial charge in [0.2, 0.25) is 5.91 Å².